The van der Waals surface area contributed by atoms with Crippen LogP contribution < -0.4 is 5.32 Å². The number of anilines is 1. The van der Waals surface area contributed by atoms with E-state index in [4.69, 9.17) is 23.2 Å². The molecule has 1 aromatic heterocycles. The van der Waals surface area contributed by atoms with Crippen LogP contribution >= 0.6 is 39.1 Å². The van der Waals surface area contributed by atoms with Gasteiger partial charge in [-0.2, -0.15) is 9.40 Å². The number of piperidine rings is 1. The minimum Gasteiger partial charge on any atom is -0.308 e. The topological polar surface area (TPSA) is 84.3 Å². The van der Waals surface area contributed by atoms with Crippen LogP contribution in [0.4, 0.5) is 10.2 Å². The van der Waals surface area contributed by atoms with E-state index in [1.54, 1.807) is 12.3 Å². The van der Waals surface area contributed by atoms with Gasteiger partial charge in [0.1, 0.15) is 5.82 Å². The van der Waals surface area contributed by atoms with E-state index in [-0.39, 0.29) is 41.4 Å². The third-order valence-electron chi connectivity index (χ3n) is 5.62. The van der Waals surface area contributed by atoms with Crippen LogP contribution in [0.3, 0.4) is 0 Å². The van der Waals surface area contributed by atoms with E-state index < -0.39 is 15.8 Å². The van der Waals surface area contributed by atoms with Gasteiger partial charge in [-0.25, -0.2) is 12.8 Å². The van der Waals surface area contributed by atoms with E-state index in [1.807, 2.05) is 0 Å². The van der Waals surface area contributed by atoms with Crippen molar-refractivity contribution in [3.8, 4) is 0 Å². The average Bonchev–Trinajstić information content (AvgIpc) is 3.15. The number of hydrogen-bond acceptors (Lipinski definition) is 4. The van der Waals surface area contributed by atoms with E-state index in [0.29, 0.717) is 33.7 Å². The summed E-state index contributed by atoms with van der Waals surface area (Å²) in [6.45, 7) is 0.551. The summed E-state index contributed by atoms with van der Waals surface area (Å²) in [6, 6.07) is 10.5. The molecular formula is C22H20BrCl2FN4O3S. The van der Waals surface area contributed by atoms with Gasteiger partial charge in [-0.05, 0) is 65.2 Å². The Balaban J connectivity index is 1.37. The first kappa shape index (κ1) is 25.1. The fourth-order valence-corrected chi connectivity index (χ4v) is 5.97. The molecule has 1 aliphatic rings. The Morgan fingerprint density at radius 3 is 2.47 bits per heavy atom. The fourth-order valence-electron chi connectivity index (χ4n) is 3.74. The maximum Gasteiger partial charge on any atom is 0.243 e. The first-order chi connectivity index (χ1) is 16.1. The molecule has 0 atom stereocenters. The number of rotatable bonds is 6. The lowest BCUT2D eigenvalue weighted by atomic mass is 9.97. The maximum atomic E-state index is 14.1. The number of amides is 1. The van der Waals surface area contributed by atoms with Crippen LogP contribution in [-0.2, 0) is 21.4 Å². The van der Waals surface area contributed by atoms with Gasteiger partial charge in [0.05, 0.1) is 15.9 Å². The smallest absolute Gasteiger partial charge is 0.243 e. The van der Waals surface area contributed by atoms with Crippen molar-refractivity contribution in [3.63, 3.8) is 0 Å². The minimum absolute atomic E-state index is 0.0981. The normalized spacial score (nSPS) is 15.4. The Morgan fingerprint density at radius 2 is 1.82 bits per heavy atom. The van der Waals surface area contributed by atoms with Gasteiger partial charge in [-0.1, -0.05) is 29.3 Å². The standard InChI is InChI=1S/C22H20BrCl2FN4O3S/c23-18-13-29(12-17-19(25)2-1-3-20(17)26)28-21(18)27-22(31)14-8-10-30(11-9-14)34(32,33)16-6-4-15(24)5-7-16/h1-7,13-14H,8-12H2,(H,27,28,31). The highest BCUT2D eigenvalue weighted by Crippen LogP contribution is 2.28. The molecule has 3 aromatic rings. The van der Waals surface area contributed by atoms with Crippen molar-refractivity contribution in [3.05, 3.63) is 74.6 Å². The van der Waals surface area contributed by atoms with Gasteiger partial charge in [0.25, 0.3) is 0 Å². The molecule has 1 amide bonds. The van der Waals surface area contributed by atoms with Crippen LogP contribution in [0.1, 0.15) is 18.4 Å². The van der Waals surface area contributed by atoms with Crippen molar-refractivity contribution in [2.24, 2.45) is 5.92 Å². The van der Waals surface area contributed by atoms with Crippen molar-refractivity contribution >= 4 is 60.9 Å². The lowest BCUT2D eigenvalue weighted by Crippen LogP contribution is -2.41. The molecule has 1 saturated heterocycles. The van der Waals surface area contributed by atoms with Crippen LogP contribution in [0.2, 0.25) is 10.0 Å². The van der Waals surface area contributed by atoms with E-state index in [1.165, 1.54) is 45.4 Å². The van der Waals surface area contributed by atoms with E-state index >= 15 is 0 Å². The number of carbonyl (C=O) groups is 1. The molecule has 0 spiro atoms. The Bertz CT molecular complexity index is 1290. The average molecular weight is 590 g/mol. The summed E-state index contributed by atoms with van der Waals surface area (Å²) < 4.78 is 43.1. The largest absolute Gasteiger partial charge is 0.308 e. The summed E-state index contributed by atoms with van der Waals surface area (Å²) >= 11 is 15.3. The first-order valence-electron chi connectivity index (χ1n) is 10.4. The molecule has 180 valence electrons. The number of benzene rings is 2. The molecule has 0 radical (unpaired) electrons. The molecule has 2 heterocycles. The lowest BCUT2D eigenvalue weighted by Gasteiger charge is -2.30. The molecule has 0 saturated carbocycles. The summed E-state index contributed by atoms with van der Waals surface area (Å²) in [4.78, 5) is 13.0. The molecule has 0 unspecified atom stereocenters. The number of halogens is 4. The summed E-state index contributed by atoms with van der Waals surface area (Å²) in [5.41, 5.74) is 0.298. The predicted octanol–water partition coefficient (Wildman–Crippen LogP) is 5.18. The maximum absolute atomic E-state index is 14.1. The molecule has 12 heteroatoms. The summed E-state index contributed by atoms with van der Waals surface area (Å²) in [5.74, 6) is -0.758. The monoisotopic (exact) mass is 588 g/mol. The molecule has 4 rings (SSSR count). The third-order valence-corrected chi connectivity index (χ3v) is 8.72. The van der Waals surface area contributed by atoms with E-state index in [2.05, 4.69) is 26.3 Å². The molecule has 7 nitrogen and oxygen atoms in total. The molecular weight excluding hydrogens is 570 g/mol. The van der Waals surface area contributed by atoms with E-state index in [9.17, 15) is 17.6 Å². The quantitative estimate of drug-likeness (QED) is 0.429. The number of hydrogen-bond donors (Lipinski definition) is 1. The van der Waals surface area contributed by atoms with E-state index in [0.717, 1.165) is 0 Å². The fraction of sp³-hybridized carbons (Fsp3) is 0.273. The molecule has 0 bridgehead atoms. The van der Waals surface area contributed by atoms with Crippen molar-refractivity contribution < 1.29 is 17.6 Å². The summed E-state index contributed by atoms with van der Waals surface area (Å²) in [5, 5.41) is 7.85. The van der Waals surface area contributed by atoms with Crippen LogP contribution in [0, 0.1) is 11.7 Å². The first-order valence-corrected chi connectivity index (χ1v) is 13.4. The molecule has 2 aromatic carbocycles. The number of nitrogens with one attached hydrogen (secondary N) is 1. The third kappa shape index (κ3) is 5.46. The SMILES string of the molecule is O=C(Nc1nn(Cc2c(F)cccc2Cl)cc1Br)C1CCN(S(=O)(=O)c2ccc(Cl)cc2)CC1. The highest BCUT2D eigenvalue weighted by atomic mass is 79.9. The number of carbonyl (C=O) groups excluding carboxylic acids is 1. The molecule has 0 aliphatic carbocycles. The Labute approximate surface area is 215 Å². The van der Waals surface area contributed by atoms with Gasteiger partial charge in [-0.3, -0.25) is 9.48 Å². The molecule has 1 N–H and O–H groups in total. The van der Waals surface area contributed by atoms with Gasteiger partial charge in [0.2, 0.25) is 15.9 Å². The second-order valence-electron chi connectivity index (χ2n) is 7.84. The minimum atomic E-state index is -3.65. The highest BCUT2D eigenvalue weighted by molar-refractivity contribution is 9.10. The predicted molar refractivity (Wildman–Crippen MR) is 132 cm³/mol. The van der Waals surface area contributed by atoms with Gasteiger partial charge < -0.3 is 5.32 Å². The molecule has 1 fully saturated rings. The Hall–Kier alpha value is -1.98. The number of sulfonamides is 1. The van der Waals surface area contributed by atoms with Crippen molar-refractivity contribution in [2.75, 3.05) is 18.4 Å². The zero-order valence-electron chi connectivity index (χ0n) is 17.7. The number of nitrogens with zero attached hydrogens (tertiary/aromatic N) is 3. The van der Waals surface area contributed by atoms with Crippen molar-refractivity contribution in [2.45, 2.75) is 24.3 Å². The second-order valence-corrected chi connectivity index (χ2v) is 11.5. The molecule has 34 heavy (non-hydrogen) atoms. The van der Waals surface area contributed by atoms with Crippen molar-refractivity contribution in [1.29, 1.82) is 0 Å². The summed E-state index contributed by atoms with van der Waals surface area (Å²) in [7, 11) is -3.65. The van der Waals surface area contributed by atoms with Crippen LogP contribution in [0.5, 0.6) is 0 Å². The lowest BCUT2D eigenvalue weighted by molar-refractivity contribution is -0.120. The van der Waals surface area contributed by atoms with Crippen molar-refractivity contribution in [1.82, 2.24) is 14.1 Å². The zero-order valence-corrected chi connectivity index (χ0v) is 21.6. The Morgan fingerprint density at radius 1 is 1.15 bits per heavy atom. The van der Waals surface area contributed by atoms with Crippen LogP contribution in [0.15, 0.2) is 58.0 Å². The van der Waals surface area contributed by atoms with Gasteiger partial charge in [-0.15, -0.1) is 0 Å². The van der Waals surface area contributed by atoms with Gasteiger partial charge in [0, 0.05) is 40.8 Å². The second kappa shape index (κ2) is 10.3. The van der Waals surface area contributed by atoms with Gasteiger partial charge >= 0.3 is 0 Å². The summed E-state index contributed by atoms with van der Waals surface area (Å²) in [6.07, 6.45) is 2.38. The van der Waals surface area contributed by atoms with Crippen LogP contribution in [0.25, 0.3) is 0 Å². The van der Waals surface area contributed by atoms with Crippen LogP contribution in [-0.4, -0.2) is 41.5 Å². The zero-order chi connectivity index (χ0) is 24.5. The Kier molecular flexibility index (Phi) is 7.63. The van der Waals surface area contributed by atoms with Gasteiger partial charge in [0.15, 0.2) is 5.82 Å². The molecule has 1 aliphatic heterocycles. The highest BCUT2D eigenvalue weighted by Gasteiger charge is 2.32. The number of aromatic nitrogens is 2.